The van der Waals surface area contributed by atoms with Gasteiger partial charge in [-0.3, -0.25) is 4.79 Å². The largest absolute Gasteiger partial charge is 0.334 e. The third-order valence-electron chi connectivity index (χ3n) is 3.33. The number of thioether (sulfide) groups is 1. The average molecular weight is 271 g/mol. The van der Waals surface area contributed by atoms with Crippen molar-refractivity contribution in [2.24, 2.45) is 0 Å². The van der Waals surface area contributed by atoms with Gasteiger partial charge in [0.25, 0.3) is 5.91 Å². The Balaban J connectivity index is 2.28. The summed E-state index contributed by atoms with van der Waals surface area (Å²) in [5.41, 5.74) is -0.180. The van der Waals surface area contributed by atoms with E-state index < -0.39 is 17.5 Å². The fraction of sp³-hybridized carbons (Fsp3) is 0.462. The van der Waals surface area contributed by atoms with Crippen LogP contribution in [0.4, 0.5) is 8.78 Å². The highest BCUT2D eigenvalue weighted by molar-refractivity contribution is 8.00. The molecule has 18 heavy (non-hydrogen) atoms. The van der Waals surface area contributed by atoms with Gasteiger partial charge in [0.1, 0.15) is 0 Å². The predicted octanol–water partition coefficient (Wildman–Crippen LogP) is 2.93. The first-order valence-corrected chi connectivity index (χ1v) is 6.94. The highest BCUT2D eigenvalue weighted by Gasteiger charge is 2.31. The lowest BCUT2D eigenvalue weighted by Crippen LogP contribution is -2.48. The quantitative estimate of drug-likeness (QED) is 0.782. The molecule has 1 aromatic carbocycles. The number of rotatable bonds is 1. The van der Waals surface area contributed by atoms with E-state index in [0.29, 0.717) is 11.8 Å². The molecule has 2 nitrogen and oxygen atoms in total. The van der Waals surface area contributed by atoms with Crippen LogP contribution in [0, 0.1) is 11.6 Å². The van der Waals surface area contributed by atoms with Crippen molar-refractivity contribution in [1.29, 1.82) is 0 Å². The van der Waals surface area contributed by atoms with Crippen LogP contribution in [0.3, 0.4) is 0 Å². The molecule has 1 saturated heterocycles. The lowest BCUT2D eigenvalue weighted by molar-refractivity contribution is 0.0692. The van der Waals surface area contributed by atoms with Crippen LogP contribution in [-0.4, -0.2) is 34.4 Å². The lowest BCUT2D eigenvalue weighted by atomic mass is 10.1. The Kier molecular flexibility index (Phi) is 3.90. The van der Waals surface area contributed by atoms with Gasteiger partial charge in [0.15, 0.2) is 11.6 Å². The zero-order valence-electron chi connectivity index (χ0n) is 10.3. The normalized spacial score (nSPS) is 24.1. The van der Waals surface area contributed by atoms with Crippen molar-refractivity contribution in [2.45, 2.75) is 25.1 Å². The maximum atomic E-state index is 13.6. The molecule has 0 spiro atoms. The average Bonchev–Trinajstić information content (AvgIpc) is 2.35. The van der Waals surface area contributed by atoms with Crippen LogP contribution >= 0.6 is 11.8 Å². The van der Waals surface area contributed by atoms with Crippen LogP contribution in [-0.2, 0) is 0 Å². The molecule has 2 rings (SSSR count). The number of halogens is 2. The molecule has 1 amide bonds. The molecule has 2 atom stereocenters. The number of hydrogen-bond donors (Lipinski definition) is 0. The number of hydrogen-bond acceptors (Lipinski definition) is 2. The first-order valence-electron chi connectivity index (χ1n) is 5.89. The topological polar surface area (TPSA) is 20.3 Å². The number of carbonyl (C=O) groups excluding carboxylic acids is 1. The van der Waals surface area contributed by atoms with Gasteiger partial charge in [-0.1, -0.05) is 13.0 Å². The van der Waals surface area contributed by atoms with Gasteiger partial charge in [0.05, 0.1) is 5.56 Å². The van der Waals surface area contributed by atoms with Crippen molar-refractivity contribution in [3.63, 3.8) is 0 Å². The van der Waals surface area contributed by atoms with E-state index in [9.17, 15) is 13.6 Å². The van der Waals surface area contributed by atoms with Crippen LogP contribution in [0.5, 0.6) is 0 Å². The monoisotopic (exact) mass is 271 g/mol. The van der Waals surface area contributed by atoms with E-state index in [4.69, 9.17) is 0 Å². The van der Waals surface area contributed by atoms with E-state index >= 15 is 0 Å². The van der Waals surface area contributed by atoms with Gasteiger partial charge in [-0.15, -0.1) is 0 Å². The molecule has 98 valence electrons. The second kappa shape index (κ2) is 5.26. The van der Waals surface area contributed by atoms with Gasteiger partial charge in [0.2, 0.25) is 0 Å². The van der Waals surface area contributed by atoms with Gasteiger partial charge in [0, 0.05) is 23.6 Å². The first kappa shape index (κ1) is 13.3. The highest BCUT2D eigenvalue weighted by atomic mass is 32.2. The van der Waals surface area contributed by atoms with Gasteiger partial charge in [-0.05, 0) is 19.1 Å². The van der Waals surface area contributed by atoms with Crippen LogP contribution < -0.4 is 0 Å². The summed E-state index contributed by atoms with van der Waals surface area (Å²) >= 11 is 1.79. The molecule has 0 aliphatic carbocycles. The minimum absolute atomic E-state index is 0.0268. The minimum atomic E-state index is -1.06. The number of nitrogens with zero attached hydrogens (tertiary/aromatic N) is 1. The van der Waals surface area contributed by atoms with Crippen LogP contribution in [0.15, 0.2) is 18.2 Å². The Morgan fingerprint density at radius 1 is 1.39 bits per heavy atom. The maximum Gasteiger partial charge on any atom is 0.257 e. The highest BCUT2D eigenvalue weighted by Crippen LogP contribution is 2.26. The lowest BCUT2D eigenvalue weighted by Gasteiger charge is -2.37. The summed E-state index contributed by atoms with van der Waals surface area (Å²) in [6.07, 6.45) is 0. The summed E-state index contributed by atoms with van der Waals surface area (Å²) in [6.45, 7) is 4.55. The summed E-state index contributed by atoms with van der Waals surface area (Å²) in [5, 5.41) is 0.305. The second-order valence-electron chi connectivity index (χ2n) is 4.42. The molecule has 1 fully saturated rings. The zero-order valence-corrected chi connectivity index (χ0v) is 11.1. The van der Waals surface area contributed by atoms with E-state index in [1.807, 2.05) is 13.8 Å². The molecule has 0 aromatic heterocycles. The SMILES string of the molecule is CC1SCCN(C(=O)c2cccc(F)c2F)C1C. The Bertz CT molecular complexity index is 466. The van der Waals surface area contributed by atoms with Crippen LogP contribution in [0.2, 0.25) is 0 Å². The molecule has 0 saturated carbocycles. The molecule has 5 heteroatoms. The molecule has 2 unspecified atom stereocenters. The number of amides is 1. The molecule has 1 aromatic rings. The van der Waals surface area contributed by atoms with Crippen molar-refractivity contribution < 1.29 is 13.6 Å². The second-order valence-corrected chi connectivity index (χ2v) is 5.90. The standard InChI is InChI=1S/C13H15F2NOS/c1-8-9(2)18-7-6-16(8)13(17)10-4-3-5-11(14)12(10)15/h3-5,8-9H,6-7H2,1-2H3. The summed E-state index contributed by atoms with van der Waals surface area (Å²) < 4.78 is 26.7. The summed E-state index contributed by atoms with van der Waals surface area (Å²) in [6, 6.07) is 3.74. The Hall–Kier alpha value is -1.10. The first-order chi connectivity index (χ1) is 8.52. The van der Waals surface area contributed by atoms with Crippen molar-refractivity contribution in [3.05, 3.63) is 35.4 Å². The molecule has 0 bridgehead atoms. The Morgan fingerprint density at radius 3 is 2.83 bits per heavy atom. The van der Waals surface area contributed by atoms with Gasteiger partial charge in [-0.25, -0.2) is 8.78 Å². The molecular weight excluding hydrogens is 256 g/mol. The van der Waals surface area contributed by atoms with Crippen molar-refractivity contribution in [2.75, 3.05) is 12.3 Å². The summed E-state index contributed by atoms with van der Waals surface area (Å²) in [7, 11) is 0. The smallest absolute Gasteiger partial charge is 0.257 e. The molecule has 0 N–H and O–H groups in total. The van der Waals surface area contributed by atoms with Crippen LogP contribution in [0.25, 0.3) is 0 Å². The minimum Gasteiger partial charge on any atom is -0.334 e. The molecule has 1 aliphatic heterocycles. The van der Waals surface area contributed by atoms with E-state index in [1.165, 1.54) is 12.1 Å². The van der Waals surface area contributed by atoms with E-state index in [0.717, 1.165) is 11.8 Å². The van der Waals surface area contributed by atoms with Gasteiger partial charge >= 0.3 is 0 Å². The van der Waals surface area contributed by atoms with Crippen molar-refractivity contribution >= 4 is 17.7 Å². The number of benzene rings is 1. The summed E-state index contributed by atoms with van der Waals surface area (Å²) in [5.74, 6) is -1.63. The molecule has 1 aliphatic rings. The Labute approximate surface area is 109 Å². The fourth-order valence-corrected chi connectivity index (χ4v) is 3.14. The van der Waals surface area contributed by atoms with Gasteiger partial charge < -0.3 is 4.90 Å². The fourth-order valence-electron chi connectivity index (χ4n) is 2.04. The third-order valence-corrected chi connectivity index (χ3v) is 4.66. The Morgan fingerprint density at radius 2 is 2.11 bits per heavy atom. The van der Waals surface area contributed by atoms with E-state index in [1.54, 1.807) is 16.7 Å². The van der Waals surface area contributed by atoms with Crippen molar-refractivity contribution in [1.82, 2.24) is 4.90 Å². The molecule has 1 heterocycles. The third kappa shape index (κ3) is 2.36. The predicted molar refractivity (Wildman–Crippen MR) is 68.8 cm³/mol. The van der Waals surface area contributed by atoms with E-state index in [-0.39, 0.29) is 11.6 Å². The molecular formula is C13H15F2NOS. The van der Waals surface area contributed by atoms with Crippen LogP contribution in [0.1, 0.15) is 24.2 Å². The number of carbonyl (C=O) groups is 1. The van der Waals surface area contributed by atoms with E-state index in [2.05, 4.69) is 0 Å². The van der Waals surface area contributed by atoms with Crippen molar-refractivity contribution in [3.8, 4) is 0 Å². The molecule has 0 radical (unpaired) electrons. The maximum absolute atomic E-state index is 13.6. The van der Waals surface area contributed by atoms with Gasteiger partial charge in [-0.2, -0.15) is 11.8 Å². The summed E-state index contributed by atoms with van der Waals surface area (Å²) in [4.78, 5) is 13.9. The zero-order chi connectivity index (χ0) is 13.3.